The van der Waals surface area contributed by atoms with Crippen LogP contribution in [-0.4, -0.2) is 59.3 Å². The standard InChI is InChI=1S/C33H50N2O3/c1-3-8-23-21-24-22-26(9-10-27(24)28-13-16-33(2)29(31(23)28)11-12-30(33)36)38-32(37)35-19-14-25(15-20-35)34-17-6-4-5-7-18-34/h9-10,22-23,25,28-31,36H,3-8,11-21H2,1-2H3/t23-,28-,29+,30+,31-,33+/m1/s1. The van der Waals surface area contributed by atoms with Crippen molar-refractivity contribution in [2.24, 2.45) is 23.2 Å². The third-order valence-electron chi connectivity index (χ3n) is 11.6. The Bertz CT molecular complexity index is 980. The van der Waals surface area contributed by atoms with Crippen molar-refractivity contribution in [3.63, 3.8) is 0 Å². The van der Waals surface area contributed by atoms with Crippen molar-refractivity contribution in [1.82, 2.24) is 9.80 Å². The molecule has 4 fully saturated rings. The molecule has 0 radical (unpaired) electrons. The van der Waals surface area contributed by atoms with E-state index in [0.717, 1.165) is 45.2 Å². The largest absolute Gasteiger partial charge is 0.415 e. The van der Waals surface area contributed by atoms with Gasteiger partial charge in [-0.25, -0.2) is 4.79 Å². The summed E-state index contributed by atoms with van der Waals surface area (Å²) in [7, 11) is 0. The highest BCUT2D eigenvalue weighted by Gasteiger charge is 2.56. The minimum Gasteiger partial charge on any atom is -0.410 e. The summed E-state index contributed by atoms with van der Waals surface area (Å²) in [6.45, 7) is 8.74. The molecule has 2 saturated heterocycles. The number of likely N-dealkylation sites (tertiary alicyclic amines) is 2. The van der Waals surface area contributed by atoms with E-state index in [1.54, 1.807) is 0 Å². The van der Waals surface area contributed by atoms with Gasteiger partial charge in [-0.2, -0.15) is 0 Å². The molecule has 0 aromatic heterocycles. The predicted octanol–water partition coefficient (Wildman–Crippen LogP) is 6.77. The summed E-state index contributed by atoms with van der Waals surface area (Å²) in [5.74, 6) is 3.28. The molecular formula is C33H50N2O3. The Morgan fingerprint density at radius 1 is 1.03 bits per heavy atom. The fourth-order valence-corrected chi connectivity index (χ4v) is 9.49. The molecule has 2 aliphatic heterocycles. The van der Waals surface area contributed by atoms with E-state index in [1.165, 1.54) is 75.6 Å². The normalized spacial score (nSPS) is 36.2. The third kappa shape index (κ3) is 4.91. The van der Waals surface area contributed by atoms with Crippen LogP contribution in [0.25, 0.3) is 0 Å². The van der Waals surface area contributed by atoms with Crippen molar-refractivity contribution in [3.05, 3.63) is 29.3 Å². The molecule has 1 aromatic carbocycles. The van der Waals surface area contributed by atoms with Gasteiger partial charge >= 0.3 is 6.09 Å². The summed E-state index contributed by atoms with van der Waals surface area (Å²) in [6, 6.07) is 7.14. The number of benzene rings is 1. The molecular weight excluding hydrogens is 472 g/mol. The number of aliphatic hydroxyl groups is 1. The van der Waals surface area contributed by atoms with Crippen molar-refractivity contribution in [2.45, 2.75) is 115 Å². The summed E-state index contributed by atoms with van der Waals surface area (Å²) in [4.78, 5) is 17.7. The fourth-order valence-electron chi connectivity index (χ4n) is 9.49. The summed E-state index contributed by atoms with van der Waals surface area (Å²) in [5, 5.41) is 10.9. The second kappa shape index (κ2) is 11.1. The van der Waals surface area contributed by atoms with E-state index in [0.29, 0.717) is 35.5 Å². The van der Waals surface area contributed by atoms with Gasteiger partial charge in [-0.05, 0) is 123 Å². The molecule has 1 aromatic rings. The molecule has 2 heterocycles. The van der Waals surface area contributed by atoms with Crippen LogP contribution in [0, 0.1) is 23.2 Å². The highest BCUT2D eigenvalue weighted by molar-refractivity contribution is 5.71. The van der Waals surface area contributed by atoms with Crippen LogP contribution in [0.5, 0.6) is 5.75 Å². The van der Waals surface area contributed by atoms with E-state index in [4.69, 9.17) is 4.74 Å². The lowest BCUT2D eigenvalue weighted by atomic mass is 9.52. The number of hydrogen-bond acceptors (Lipinski definition) is 4. The molecule has 5 aliphatic rings. The van der Waals surface area contributed by atoms with Gasteiger partial charge in [0.1, 0.15) is 5.75 Å². The van der Waals surface area contributed by atoms with Crippen molar-refractivity contribution < 1.29 is 14.6 Å². The Labute approximate surface area is 230 Å². The van der Waals surface area contributed by atoms with E-state index in [2.05, 4.69) is 36.9 Å². The summed E-state index contributed by atoms with van der Waals surface area (Å²) in [5.41, 5.74) is 2.99. The van der Waals surface area contributed by atoms with Gasteiger partial charge in [0, 0.05) is 19.1 Å². The lowest BCUT2D eigenvalue weighted by Crippen LogP contribution is -2.47. The van der Waals surface area contributed by atoms with Crippen LogP contribution < -0.4 is 4.74 Å². The number of carbonyl (C=O) groups excluding carboxylic acids is 1. The molecule has 3 aliphatic carbocycles. The maximum Gasteiger partial charge on any atom is 0.415 e. The third-order valence-corrected chi connectivity index (χ3v) is 11.6. The Hall–Kier alpha value is -1.59. The quantitative estimate of drug-likeness (QED) is 0.474. The molecule has 6 rings (SSSR count). The zero-order chi connectivity index (χ0) is 26.3. The maximum absolute atomic E-state index is 13.1. The topological polar surface area (TPSA) is 53.0 Å². The zero-order valence-corrected chi connectivity index (χ0v) is 23.9. The van der Waals surface area contributed by atoms with Crippen molar-refractivity contribution in [3.8, 4) is 5.75 Å². The van der Waals surface area contributed by atoms with Gasteiger partial charge in [0.15, 0.2) is 0 Å². The number of amides is 1. The average molecular weight is 523 g/mol. The molecule has 5 heteroatoms. The van der Waals surface area contributed by atoms with Crippen molar-refractivity contribution >= 4 is 6.09 Å². The number of piperidine rings is 1. The molecule has 210 valence electrons. The van der Waals surface area contributed by atoms with E-state index in [-0.39, 0.29) is 17.6 Å². The number of nitrogens with zero attached hydrogens (tertiary/aromatic N) is 2. The minimum atomic E-state index is -0.175. The van der Waals surface area contributed by atoms with E-state index in [1.807, 2.05) is 4.90 Å². The second-order valence-corrected chi connectivity index (χ2v) is 13.6. The van der Waals surface area contributed by atoms with Crippen LogP contribution in [0.4, 0.5) is 4.79 Å². The Morgan fingerprint density at radius 3 is 2.53 bits per heavy atom. The van der Waals surface area contributed by atoms with Crippen LogP contribution in [0.3, 0.4) is 0 Å². The first-order chi connectivity index (χ1) is 18.5. The van der Waals surface area contributed by atoms with Gasteiger partial charge < -0.3 is 19.6 Å². The van der Waals surface area contributed by atoms with Crippen molar-refractivity contribution in [1.29, 1.82) is 0 Å². The monoisotopic (exact) mass is 522 g/mol. The summed E-state index contributed by atoms with van der Waals surface area (Å²) >= 11 is 0. The molecule has 0 spiro atoms. The van der Waals surface area contributed by atoms with Gasteiger partial charge in [-0.3, -0.25) is 0 Å². The number of fused-ring (bicyclic) bond motifs is 5. The van der Waals surface area contributed by atoms with Crippen LogP contribution in [0.1, 0.15) is 108 Å². The highest BCUT2D eigenvalue weighted by atomic mass is 16.6. The molecule has 2 saturated carbocycles. The van der Waals surface area contributed by atoms with Gasteiger partial charge in [0.05, 0.1) is 6.10 Å². The van der Waals surface area contributed by atoms with Crippen LogP contribution in [-0.2, 0) is 6.42 Å². The lowest BCUT2D eigenvalue weighted by molar-refractivity contribution is -0.0394. The first-order valence-corrected chi connectivity index (χ1v) is 16.0. The van der Waals surface area contributed by atoms with Gasteiger partial charge in [-0.15, -0.1) is 0 Å². The fraction of sp³-hybridized carbons (Fsp3) is 0.788. The first kappa shape index (κ1) is 26.6. The minimum absolute atomic E-state index is 0.0980. The number of aliphatic hydroxyl groups excluding tert-OH is 1. The molecule has 5 nitrogen and oxygen atoms in total. The Balaban J connectivity index is 1.12. The Morgan fingerprint density at radius 2 is 1.79 bits per heavy atom. The van der Waals surface area contributed by atoms with Gasteiger partial charge in [-0.1, -0.05) is 45.6 Å². The molecule has 6 atom stereocenters. The smallest absolute Gasteiger partial charge is 0.410 e. The highest BCUT2D eigenvalue weighted by Crippen LogP contribution is 2.62. The molecule has 1 amide bonds. The molecule has 0 bridgehead atoms. The predicted molar refractivity (Wildman–Crippen MR) is 152 cm³/mol. The maximum atomic E-state index is 13.1. The number of rotatable bonds is 4. The first-order valence-electron chi connectivity index (χ1n) is 16.0. The number of hydrogen-bond donors (Lipinski definition) is 1. The summed E-state index contributed by atoms with van der Waals surface area (Å²) < 4.78 is 5.99. The Kier molecular flexibility index (Phi) is 7.79. The molecule has 38 heavy (non-hydrogen) atoms. The molecule has 0 unspecified atom stereocenters. The number of ether oxygens (including phenoxy) is 1. The van der Waals surface area contributed by atoms with Crippen LogP contribution >= 0.6 is 0 Å². The van der Waals surface area contributed by atoms with Gasteiger partial charge in [0.25, 0.3) is 0 Å². The van der Waals surface area contributed by atoms with Crippen LogP contribution in [0.2, 0.25) is 0 Å². The lowest BCUT2D eigenvalue weighted by Gasteiger charge is -2.53. The number of carbonyl (C=O) groups is 1. The van der Waals surface area contributed by atoms with E-state index in [9.17, 15) is 9.90 Å². The van der Waals surface area contributed by atoms with E-state index >= 15 is 0 Å². The van der Waals surface area contributed by atoms with Crippen LogP contribution in [0.15, 0.2) is 18.2 Å². The molecule has 1 N–H and O–H groups in total. The van der Waals surface area contributed by atoms with Gasteiger partial charge in [0.2, 0.25) is 0 Å². The van der Waals surface area contributed by atoms with Crippen molar-refractivity contribution in [2.75, 3.05) is 26.2 Å². The second-order valence-electron chi connectivity index (χ2n) is 13.6. The SMILES string of the molecule is CCC[C@@H]1Cc2cc(OC(=O)N3CCC(N4CCCCCC4)CC3)ccc2[C@H]2CC[C@]3(C)[C@@H](O)CC[C@H]3[C@H]12. The average Bonchev–Trinajstić information content (AvgIpc) is 3.09. The van der Waals surface area contributed by atoms with E-state index < -0.39 is 0 Å². The zero-order valence-electron chi connectivity index (χ0n) is 23.9. The summed E-state index contributed by atoms with van der Waals surface area (Å²) in [6.07, 6.45) is 15.2.